The molecule has 3 aromatic rings. The fourth-order valence-electron chi connectivity index (χ4n) is 2.50. The highest BCUT2D eigenvalue weighted by Gasteiger charge is 2.05. The van der Waals surface area contributed by atoms with E-state index in [-0.39, 0.29) is 0 Å². The van der Waals surface area contributed by atoms with Gasteiger partial charge in [0.05, 0.1) is 11.6 Å². The highest BCUT2D eigenvalue weighted by Crippen LogP contribution is 2.28. The molecule has 0 aromatic heterocycles. The Hall–Kier alpha value is -3.05. The zero-order chi connectivity index (χ0) is 16.1. The molecule has 0 spiro atoms. The molecule has 3 aromatic carbocycles. The van der Waals surface area contributed by atoms with Crippen molar-refractivity contribution in [3.63, 3.8) is 0 Å². The molecule has 0 fully saturated rings. The Labute approximate surface area is 136 Å². The molecule has 112 valence electrons. The van der Waals surface area contributed by atoms with Gasteiger partial charge in [-0.2, -0.15) is 5.26 Å². The molecule has 0 saturated heterocycles. The normalized spacial score (nSPS) is 10.1. The Morgan fingerprint density at radius 2 is 1.74 bits per heavy atom. The van der Waals surface area contributed by atoms with Crippen LogP contribution in [0.1, 0.15) is 16.7 Å². The predicted molar refractivity (Wildman–Crippen MR) is 92.1 cm³/mol. The number of nitriles is 1. The first-order valence-corrected chi connectivity index (χ1v) is 7.54. The molecule has 0 N–H and O–H groups in total. The quantitative estimate of drug-likeness (QED) is 0.670. The van der Waals surface area contributed by atoms with Crippen LogP contribution >= 0.6 is 0 Å². The Morgan fingerprint density at radius 3 is 2.52 bits per heavy atom. The van der Waals surface area contributed by atoms with Gasteiger partial charge in [-0.3, -0.25) is 0 Å². The maximum atomic E-state index is 9.09. The molecule has 0 atom stereocenters. The van der Waals surface area contributed by atoms with Crippen LogP contribution in [0.15, 0.2) is 72.8 Å². The van der Waals surface area contributed by atoms with E-state index in [4.69, 9.17) is 10.00 Å². The number of rotatable bonds is 4. The fourth-order valence-corrected chi connectivity index (χ4v) is 2.50. The molecule has 2 nitrogen and oxygen atoms in total. The Balaban J connectivity index is 1.84. The van der Waals surface area contributed by atoms with E-state index >= 15 is 0 Å². The first-order chi connectivity index (χ1) is 11.3. The average molecular weight is 299 g/mol. The molecule has 0 bridgehead atoms. The van der Waals surface area contributed by atoms with Crippen LogP contribution in [0.2, 0.25) is 0 Å². The third kappa shape index (κ3) is 3.59. The maximum Gasteiger partial charge on any atom is 0.120 e. The standard InChI is InChI=1S/C21H17NO/c1-16-10-11-18(14-22)12-21(16)19-8-5-9-20(13-19)23-15-17-6-3-2-4-7-17/h2-13H,15H2,1H3. The number of aryl methyl sites for hydroxylation is 1. The summed E-state index contributed by atoms with van der Waals surface area (Å²) in [6, 6.07) is 26.0. The Morgan fingerprint density at radius 1 is 0.913 bits per heavy atom. The lowest BCUT2D eigenvalue weighted by molar-refractivity contribution is 0.306. The van der Waals surface area contributed by atoms with Crippen LogP contribution in [0, 0.1) is 18.3 Å². The molecule has 0 radical (unpaired) electrons. The summed E-state index contributed by atoms with van der Waals surface area (Å²) in [5, 5.41) is 9.09. The number of ether oxygens (including phenoxy) is 1. The second-order valence-electron chi connectivity index (χ2n) is 5.44. The van der Waals surface area contributed by atoms with E-state index in [0.29, 0.717) is 12.2 Å². The molecule has 2 heteroatoms. The maximum absolute atomic E-state index is 9.09. The number of benzene rings is 3. The van der Waals surface area contributed by atoms with Crippen molar-refractivity contribution in [1.82, 2.24) is 0 Å². The van der Waals surface area contributed by atoms with Crippen LogP contribution < -0.4 is 4.74 Å². The molecular weight excluding hydrogens is 282 g/mol. The van der Waals surface area contributed by atoms with Gasteiger partial charge in [0.25, 0.3) is 0 Å². The first kappa shape index (κ1) is 14.9. The van der Waals surface area contributed by atoms with Gasteiger partial charge in [0.15, 0.2) is 0 Å². The van der Waals surface area contributed by atoms with Gasteiger partial charge in [-0.25, -0.2) is 0 Å². The summed E-state index contributed by atoms with van der Waals surface area (Å²) in [5.41, 5.74) is 5.07. The minimum Gasteiger partial charge on any atom is -0.489 e. The van der Waals surface area contributed by atoms with Crippen molar-refractivity contribution in [3.05, 3.63) is 89.5 Å². The van der Waals surface area contributed by atoms with Crippen LogP contribution in [0.25, 0.3) is 11.1 Å². The predicted octanol–water partition coefficient (Wildman–Crippen LogP) is 5.11. The van der Waals surface area contributed by atoms with Crippen molar-refractivity contribution in [3.8, 4) is 22.9 Å². The smallest absolute Gasteiger partial charge is 0.120 e. The molecule has 0 unspecified atom stereocenters. The summed E-state index contributed by atoms with van der Waals surface area (Å²) in [4.78, 5) is 0. The Bertz CT molecular complexity index is 847. The van der Waals surface area contributed by atoms with Crippen LogP contribution in [0.4, 0.5) is 0 Å². The van der Waals surface area contributed by atoms with E-state index in [1.807, 2.05) is 79.7 Å². The highest BCUT2D eigenvalue weighted by molar-refractivity contribution is 5.70. The number of nitrogens with zero attached hydrogens (tertiary/aromatic N) is 1. The lowest BCUT2D eigenvalue weighted by Gasteiger charge is -2.10. The van der Waals surface area contributed by atoms with Crippen molar-refractivity contribution in [2.45, 2.75) is 13.5 Å². The lowest BCUT2D eigenvalue weighted by Crippen LogP contribution is -1.95. The van der Waals surface area contributed by atoms with Gasteiger partial charge in [-0.05, 0) is 53.4 Å². The van der Waals surface area contributed by atoms with Gasteiger partial charge >= 0.3 is 0 Å². The van der Waals surface area contributed by atoms with E-state index in [1.54, 1.807) is 0 Å². The molecule has 23 heavy (non-hydrogen) atoms. The van der Waals surface area contributed by atoms with Crippen molar-refractivity contribution >= 4 is 0 Å². The number of hydrogen-bond acceptors (Lipinski definition) is 2. The number of hydrogen-bond donors (Lipinski definition) is 0. The minimum absolute atomic E-state index is 0.543. The SMILES string of the molecule is Cc1ccc(C#N)cc1-c1cccc(OCc2ccccc2)c1. The molecule has 0 heterocycles. The van der Waals surface area contributed by atoms with Crippen LogP contribution in [-0.4, -0.2) is 0 Å². The second-order valence-corrected chi connectivity index (χ2v) is 5.44. The lowest BCUT2D eigenvalue weighted by atomic mass is 9.98. The first-order valence-electron chi connectivity index (χ1n) is 7.54. The molecule has 0 aliphatic heterocycles. The van der Waals surface area contributed by atoms with Crippen LogP contribution in [-0.2, 0) is 6.61 Å². The monoisotopic (exact) mass is 299 g/mol. The van der Waals surface area contributed by atoms with Crippen molar-refractivity contribution in [1.29, 1.82) is 5.26 Å². The summed E-state index contributed by atoms with van der Waals surface area (Å²) in [6.07, 6.45) is 0. The molecule has 0 saturated carbocycles. The van der Waals surface area contributed by atoms with Gasteiger partial charge in [0.1, 0.15) is 12.4 Å². The molecule has 0 aliphatic rings. The van der Waals surface area contributed by atoms with E-state index in [2.05, 4.69) is 6.07 Å². The van der Waals surface area contributed by atoms with E-state index < -0.39 is 0 Å². The third-order valence-electron chi connectivity index (χ3n) is 3.76. The van der Waals surface area contributed by atoms with Crippen molar-refractivity contribution in [2.75, 3.05) is 0 Å². The largest absolute Gasteiger partial charge is 0.489 e. The Kier molecular flexibility index (Phi) is 4.40. The van der Waals surface area contributed by atoms with Crippen LogP contribution in [0.5, 0.6) is 5.75 Å². The summed E-state index contributed by atoms with van der Waals surface area (Å²) in [7, 11) is 0. The molecule has 3 rings (SSSR count). The van der Waals surface area contributed by atoms with E-state index in [1.165, 1.54) is 0 Å². The van der Waals surface area contributed by atoms with Gasteiger partial charge < -0.3 is 4.74 Å². The average Bonchev–Trinajstić information content (AvgIpc) is 2.61. The van der Waals surface area contributed by atoms with Crippen molar-refractivity contribution < 1.29 is 4.74 Å². The summed E-state index contributed by atoms with van der Waals surface area (Å²) >= 11 is 0. The van der Waals surface area contributed by atoms with Crippen LogP contribution in [0.3, 0.4) is 0 Å². The van der Waals surface area contributed by atoms with Gasteiger partial charge in [-0.1, -0.05) is 48.5 Å². The fraction of sp³-hybridized carbons (Fsp3) is 0.0952. The van der Waals surface area contributed by atoms with Gasteiger partial charge in [0.2, 0.25) is 0 Å². The van der Waals surface area contributed by atoms with Gasteiger partial charge in [0, 0.05) is 0 Å². The van der Waals surface area contributed by atoms with E-state index in [0.717, 1.165) is 28.0 Å². The van der Waals surface area contributed by atoms with Gasteiger partial charge in [-0.15, -0.1) is 0 Å². The zero-order valence-corrected chi connectivity index (χ0v) is 13.0. The minimum atomic E-state index is 0.543. The third-order valence-corrected chi connectivity index (χ3v) is 3.76. The van der Waals surface area contributed by atoms with E-state index in [9.17, 15) is 0 Å². The molecule has 0 amide bonds. The summed E-state index contributed by atoms with van der Waals surface area (Å²) in [5.74, 6) is 0.827. The van der Waals surface area contributed by atoms with Crippen molar-refractivity contribution in [2.24, 2.45) is 0 Å². The topological polar surface area (TPSA) is 33.0 Å². The summed E-state index contributed by atoms with van der Waals surface area (Å²) in [6.45, 7) is 2.59. The second kappa shape index (κ2) is 6.81. The zero-order valence-electron chi connectivity index (χ0n) is 13.0. The highest BCUT2D eigenvalue weighted by atomic mass is 16.5. The molecular formula is C21H17NO. The molecule has 0 aliphatic carbocycles. The summed E-state index contributed by atoms with van der Waals surface area (Å²) < 4.78 is 5.89.